The molecule has 2 aromatic carbocycles. The van der Waals surface area contributed by atoms with Gasteiger partial charge in [0.2, 0.25) is 0 Å². The quantitative estimate of drug-likeness (QED) is 0.860. The summed E-state index contributed by atoms with van der Waals surface area (Å²) in [7, 11) is 0. The maximum Gasteiger partial charge on any atom is 0.144 e. The van der Waals surface area contributed by atoms with Crippen LogP contribution in [0, 0.1) is 11.7 Å². The third-order valence-electron chi connectivity index (χ3n) is 3.24. The van der Waals surface area contributed by atoms with E-state index in [1.807, 2.05) is 24.3 Å². The van der Waals surface area contributed by atoms with E-state index < -0.39 is 5.82 Å². The fourth-order valence-electron chi connectivity index (χ4n) is 2.17. The van der Waals surface area contributed by atoms with E-state index in [2.05, 4.69) is 0 Å². The Bertz CT molecular complexity index is 569. The van der Waals surface area contributed by atoms with Gasteiger partial charge in [-0.15, -0.1) is 0 Å². The van der Waals surface area contributed by atoms with Crippen LogP contribution in [0.4, 0.5) is 4.39 Å². The molecule has 0 aliphatic carbocycles. The van der Waals surface area contributed by atoms with Gasteiger partial charge in [-0.25, -0.2) is 4.39 Å². The number of rotatable bonds is 5. The van der Waals surface area contributed by atoms with Crippen LogP contribution in [0.5, 0.6) is 0 Å². The minimum atomic E-state index is -0.399. The summed E-state index contributed by atoms with van der Waals surface area (Å²) in [6, 6.07) is 12.4. The molecule has 2 rings (SSSR count). The average molecular weight is 313 g/mol. The van der Waals surface area contributed by atoms with Crippen LogP contribution < -0.4 is 0 Å². The SMILES string of the molecule is OCC(Cc1ccc(Cl)cc1)Cc1cccc(Cl)c1F. The maximum atomic E-state index is 13.9. The minimum Gasteiger partial charge on any atom is -0.396 e. The molecule has 0 aliphatic heterocycles. The highest BCUT2D eigenvalue weighted by atomic mass is 35.5. The molecule has 0 radical (unpaired) electrons. The number of halogens is 3. The van der Waals surface area contributed by atoms with Crippen LogP contribution in [-0.4, -0.2) is 11.7 Å². The second-order valence-corrected chi connectivity index (χ2v) is 5.64. The molecule has 4 heteroatoms. The zero-order chi connectivity index (χ0) is 14.5. The van der Waals surface area contributed by atoms with Crippen molar-refractivity contribution in [2.75, 3.05) is 6.61 Å². The highest BCUT2D eigenvalue weighted by Crippen LogP contribution is 2.22. The molecule has 1 N–H and O–H groups in total. The van der Waals surface area contributed by atoms with Crippen molar-refractivity contribution < 1.29 is 9.50 Å². The summed E-state index contributed by atoms with van der Waals surface area (Å²) < 4.78 is 13.9. The molecule has 0 aliphatic rings. The van der Waals surface area contributed by atoms with Crippen molar-refractivity contribution in [3.8, 4) is 0 Å². The molecule has 0 heterocycles. The van der Waals surface area contributed by atoms with Crippen molar-refractivity contribution in [1.29, 1.82) is 0 Å². The lowest BCUT2D eigenvalue weighted by atomic mass is 9.93. The van der Waals surface area contributed by atoms with Gasteiger partial charge in [-0.3, -0.25) is 0 Å². The first kappa shape index (κ1) is 15.3. The van der Waals surface area contributed by atoms with Crippen LogP contribution in [-0.2, 0) is 12.8 Å². The molecule has 0 fully saturated rings. The van der Waals surface area contributed by atoms with Crippen molar-refractivity contribution in [2.24, 2.45) is 5.92 Å². The van der Waals surface area contributed by atoms with Crippen molar-refractivity contribution in [3.63, 3.8) is 0 Å². The first-order valence-electron chi connectivity index (χ1n) is 6.38. The second-order valence-electron chi connectivity index (χ2n) is 4.80. The molecule has 2 aromatic rings. The smallest absolute Gasteiger partial charge is 0.144 e. The van der Waals surface area contributed by atoms with Gasteiger partial charge in [-0.1, -0.05) is 47.5 Å². The van der Waals surface area contributed by atoms with Crippen molar-refractivity contribution in [2.45, 2.75) is 12.8 Å². The minimum absolute atomic E-state index is 0.00538. The van der Waals surface area contributed by atoms with E-state index >= 15 is 0 Å². The monoisotopic (exact) mass is 312 g/mol. The first-order valence-corrected chi connectivity index (χ1v) is 7.14. The van der Waals surface area contributed by atoms with E-state index in [-0.39, 0.29) is 17.5 Å². The Morgan fingerprint density at radius 3 is 2.35 bits per heavy atom. The van der Waals surface area contributed by atoms with Gasteiger partial charge < -0.3 is 5.11 Å². The van der Waals surface area contributed by atoms with E-state index in [4.69, 9.17) is 23.2 Å². The van der Waals surface area contributed by atoms with Gasteiger partial charge >= 0.3 is 0 Å². The van der Waals surface area contributed by atoms with Gasteiger partial charge in [0.25, 0.3) is 0 Å². The first-order chi connectivity index (χ1) is 9.60. The molecule has 1 unspecified atom stereocenters. The Morgan fingerprint density at radius 2 is 1.70 bits per heavy atom. The van der Waals surface area contributed by atoms with Crippen LogP contribution >= 0.6 is 23.2 Å². The molecule has 20 heavy (non-hydrogen) atoms. The summed E-state index contributed by atoms with van der Waals surface area (Å²) in [5.74, 6) is -0.451. The molecule has 1 atom stereocenters. The predicted molar refractivity (Wildman–Crippen MR) is 80.8 cm³/mol. The lowest BCUT2D eigenvalue weighted by Crippen LogP contribution is -2.14. The third kappa shape index (κ3) is 3.95. The standard InChI is InChI=1S/C16H15Cl2FO/c17-14-6-4-11(5-7-14)8-12(10-20)9-13-2-1-3-15(18)16(13)19/h1-7,12,20H,8-10H2. The number of hydrogen-bond acceptors (Lipinski definition) is 1. The summed E-state index contributed by atoms with van der Waals surface area (Å²) >= 11 is 11.6. The Morgan fingerprint density at radius 1 is 1.00 bits per heavy atom. The fourth-order valence-corrected chi connectivity index (χ4v) is 2.49. The molecule has 0 saturated carbocycles. The molecular weight excluding hydrogens is 298 g/mol. The van der Waals surface area contributed by atoms with Crippen LogP contribution in [0.3, 0.4) is 0 Å². The molecule has 0 spiro atoms. The number of aliphatic hydroxyl groups excluding tert-OH is 1. The van der Waals surface area contributed by atoms with Crippen molar-refractivity contribution in [3.05, 3.63) is 69.5 Å². The Kier molecular flexibility index (Phi) is 5.41. The van der Waals surface area contributed by atoms with E-state index in [1.54, 1.807) is 12.1 Å². The molecular formula is C16H15Cl2FO. The summed E-state index contributed by atoms with van der Waals surface area (Å²) in [5.41, 5.74) is 1.60. The predicted octanol–water partition coefficient (Wildman–Crippen LogP) is 4.53. The van der Waals surface area contributed by atoms with E-state index in [9.17, 15) is 9.50 Å². The van der Waals surface area contributed by atoms with Gasteiger partial charge in [-0.2, -0.15) is 0 Å². The molecule has 0 saturated heterocycles. The molecule has 0 aromatic heterocycles. The average Bonchev–Trinajstić information content (AvgIpc) is 2.45. The Labute approximate surface area is 128 Å². The number of aliphatic hydroxyl groups is 1. The lowest BCUT2D eigenvalue weighted by Gasteiger charge is -2.15. The van der Waals surface area contributed by atoms with Gasteiger partial charge in [0.05, 0.1) is 5.02 Å². The Balaban J connectivity index is 2.09. The van der Waals surface area contributed by atoms with Gasteiger partial charge in [0.15, 0.2) is 0 Å². The van der Waals surface area contributed by atoms with Gasteiger partial charge in [0, 0.05) is 11.6 Å². The van der Waals surface area contributed by atoms with E-state index in [0.29, 0.717) is 23.4 Å². The van der Waals surface area contributed by atoms with Crippen LogP contribution in [0.25, 0.3) is 0 Å². The highest BCUT2D eigenvalue weighted by Gasteiger charge is 2.14. The van der Waals surface area contributed by atoms with Crippen molar-refractivity contribution in [1.82, 2.24) is 0 Å². The van der Waals surface area contributed by atoms with E-state index in [0.717, 1.165) is 5.56 Å². The van der Waals surface area contributed by atoms with Gasteiger partial charge in [-0.05, 0) is 48.1 Å². The molecule has 1 nitrogen and oxygen atoms in total. The van der Waals surface area contributed by atoms with Crippen LogP contribution in [0.2, 0.25) is 10.0 Å². The highest BCUT2D eigenvalue weighted by molar-refractivity contribution is 6.31. The summed E-state index contributed by atoms with van der Waals surface area (Å²) in [4.78, 5) is 0. The fraction of sp³-hybridized carbons (Fsp3) is 0.250. The normalized spacial score (nSPS) is 12.4. The second kappa shape index (κ2) is 7.07. The largest absolute Gasteiger partial charge is 0.396 e. The van der Waals surface area contributed by atoms with Crippen LogP contribution in [0.1, 0.15) is 11.1 Å². The van der Waals surface area contributed by atoms with E-state index in [1.165, 1.54) is 6.07 Å². The number of benzene rings is 2. The molecule has 0 bridgehead atoms. The number of hydrogen-bond donors (Lipinski definition) is 1. The third-order valence-corrected chi connectivity index (χ3v) is 3.78. The molecule has 106 valence electrons. The van der Waals surface area contributed by atoms with Crippen LogP contribution in [0.15, 0.2) is 42.5 Å². The maximum absolute atomic E-state index is 13.9. The summed E-state index contributed by atoms with van der Waals surface area (Å²) in [6.07, 6.45) is 1.12. The topological polar surface area (TPSA) is 20.2 Å². The van der Waals surface area contributed by atoms with Gasteiger partial charge in [0.1, 0.15) is 5.82 Å². The Hall–Kier alpha value is -1.09. The zero-order valence-corrected chi connectivity index (χ0v) is 12.3. The summed E-state index contributed by atoms with van der Waals surface area (Å²) in [5, 5.41) is 10.3. The van der Waals surface area contributed by atoms with Crippen molar-refractivity contribution >= 4 is 23.2 Å². The summed E-state index contributed by atoms with van der Waals surface area (Å²) in [6.45, 7) is -0.00538. The lowest BCUT2D eigenvalue weighted by molar-refractivity contribution is 0.224. The zero-order valence-electron chi connectivity index (χ0n) is 10.8. The molecule has 0 amide bonds.